The molecule has 3 aliphatic rings. The molecule has 9 nitrogen and oxygen atoms in total. The average molecular weight is 419 g/mol. The van der Waals surface area contributed by atoms with E-state index in [-0.39, 0.29) is 16.9 Å². The highest BCUT2D eigenvalue weighted by Gasteiger charge is 2.45. The zero-order valence-corrected chi connectivity index (χ0v) is 16.8. The maximum Gasteiger partial charge on any atom is 0.273 e. The smallest absolute Gasteiger partial charge is 0.273 e. The van der Waals surface area contributed by atoms with Crippen molar-refractivity contribution in [2.45, 2.75) is 31.1 Å². The highest BCUT2D eigenvalue weighted by Crippen LogP contribution is 2.44. The van der Waals surface area contributed by atoms with Crippen LogP contribution >= 0.6 is 11.6 Å². The lowest BCUT2D eigenvalue weighted by Crippen LogP contribution is -2.45. The predicted octanol–water partition coefficient (Wildman–Crippen LogP) is 1.10. The molecule has 0 unspecified atom stereocenters. The van der Waals surface area contributed by atoms with Gasteiger partial charge in [0.15, 0.2) is 0 Å². The third-order valence-corrected chi connectivity index (χ3v) is 6.77. The van der Waals surface area contributed by atoms with Crippen molar-refractivity contribution in [1.29, 1.82) is 0 Å². The van der Waals surface area contributed by atoms with E-state index in [1.807, 2.05) is 0 Å². The third-order valence-electron chi connectivity index (χ3n) is 6.48. The first-order valence-electron chi connectivity index (χ1n) is 10.0. The molecule has 2 N–H and O–H groups in total. The van der Waals surface area contributed by atoms with E-state index in [0.717, 1.165) is 50.0 Å². The molecule has 29 heavy (non-hydrogen) atoms. The number of hydrogen-bond donors (Lipinski definition) is 2. The topological polar surface area (TPSA) is 107 Å². The molecule has 4 heterocycles. The lowest BCUT2D eigenvalue weighted by atomic mass is 9.76. The molecule has 0 bridgehead atoms. The summed E-state index contributed by atoms with van der Waals surface area (Å²) >= 11 is 6.05. The Kier molecular flexibility index (Phi) is 4.59. The number of nitrogens with zero attached hydrogens (tertiary/aromatic N) is 4. The summed E-state index contributed by atoms with van der Waals surface area (Å²) in [6.45, 7) is 3.94. The second-order valence-corrected chi connectivity index (χ2v) is 8.39. The number of rotatable bonds is 2. The Morgan fingerprint density at radius 3 is 2.62 bits per heavy atom. The highest BCUT2D eigenvalue weighted by molar-refractivity contribution is 6.33. The summed E-state index contributed by atoms with van der Waals surface area (Å²) in [6.07, 6.45) is 4.66. The first kappa shape index (κ1) is 18.6. The van der Waals surface area contributed by atoms with Crippen LogP contribution in [-0.2, 0) is 16.6 Å². The highest BCUT2D eigenvalue weighted by atomic mass is 35.5. The van der Waals surface area contributed by atoms with Crippen LogP contribution in [-0.4, -0.2) is 70.4 Å². The van der Waals surface area contributed by atoms with Gasteiger partial charge in [0.25, 0.3) is 11.5 Å². The van der Waals surface area contributed by atoms with Crippen molar-refractivity contribution < 1.29 is 9.53 Å². The molecule has 2 fully saturated rings. The molecule has 0 saturated carbocycles. The zero-order valence-electron chi connectivity index (χ0n) is 16.0. The van der Waals surface area contributed by atoms with E-state index in [0.29, 0.717) is 43.0 Å². The number of aromatic nitrogens is 4. The molecule has 2 aliphatic heterocycles. The quantitative estimate of drug-likeness (QED) is 0.756. The summed E-state index contributed by atoms with van der Waals surface area (Å²) in [4.78, 5) is 37.2. The van der Waals surface area contributed by atoms with Crippen molar-refractivity contribution in [3.05, 3.63) is 38.5 Å². The Morgan fingerprint density at radius 1 is 1.17 bits per heavy atom. The van der Waals surface area contributed by atoms with Crippen LogP contribution < -0.4 is 10.5 Å². The second-order valence-electron chi connectivity index (χ2n) is 7.98. The molecule has 154 valence electrons. The number of piperidine rings is 1. The van der Waals surface area contributed by atoms with E-state index >= 15 is 0 Å². The van der Waals surface area contributed by atoms with E-state index in [2.05, 4.69) is 20.1 Å². The van der Waals surface area contributed by atoms with E-state index in [1.165, 1.54) is 6.20 Å². The maximum absolute atomic E-state index is 12.7. The Balaban J connectivity index is 1.39. The number of nitrogens with one attached hydrogen (secondary N) is 2. The summed E-state index contributed by atoms with van der Waals surface area (Å²) in [7, 11) is 0. The molecule has 2 aromatic heterocycles. The molecule has 1 spiro atoms. The Hall–Kier alpha value is -2.39. The number of carbonyl (C=O) groups excluding carboxylic acids is 1. The number of aromatic amines is 2. The Morgan fingerprint density at radius 2 is 1.93 bits per heavy atom. The minimum Gasteiger partial charge on any atom is -0.378 e. The molecule has 2 aromatic rings. The van der Waals surface area contributed by atoms with Crippen LogP contribution in [0.2, 0.25) is 5.02 Å². The number of halogens is 1. The first-order chi connectivity index (χ1) is 14.1. The van der Waals surface area contributed by atoms with Crippen LogP contribution in [0.25, 0.3) is 0 Å². The number of carbonyl (C=O) groups is 1. The molecule has 1 amide bonds. The van der Waals surface area contributed by atoms with Gasteiger partial charge >= 0.3 is 0 Å². The van der Waals surface area contributed by atoms with Crippen molar-refractivity contribution in [2.75, 3.05) is 44.3 Å². The number of anilines is 1. The monoisotopic (exact) mass is 418 g/mol. The van der Waals surface area contributed by atoms with Gasteiger partial charge in [0.1, 0.15) is 5.69 Å². The van der Waals surface area contributed by atoms with Crippen LogP contribution in [0, 0.1) is 0 Å². The van der Waals surface area contributed by atoms with Crippen LogP contribution in [0.4, 0.5) is 5.95 Å². The molecule has 5 rings (SSSR count). The summed E-state index contributed by atoms with van der Waals surface area (Å²) in [5, 5.41) is 6.86. The van der Waals surface area contributed by atoms with E-state index in [1.54, 1.807) is 4.90 Å². The van der Waals surface area contributed by atoms with Gasteiger partial charge in [-0.3, -0.25) is 19.7 Å². The fraction of sp³-hybridized carbons (Fsp3) is 0.579. The van der Waals surface area contributed by atoms with Gasteiger partial charge in [0, 0.05) is 37.2 Å². The summed E-state index contributed by atoms with van der Waals surface area (Å²) in [6, 6.07) is 0. The van der Waals surface area contributed by atoms with Gasteiger partial charge in [0.2, 0.25) is 5.95 Å². The largest absolute Gasteiger partial charge is 0.378 e. The van der Waals surface area contributed by atoms with Crippen molar-refractivity contribution >= 4 is 23.5 Å². The van der Waals surface area contributed by atoms with Crippen molar-refractivity contribution in [3.63, 3.8) is 0 Å². The summed E-state index contributed by atoms with van der Waals surface area (Å²) in [5.41, 5.74) is 1.89. The van der Waals surface area contributed by atoms with Gasteiger partial charge in [-0.1, -0.05) is 11.6 Å². The van der Waals surface area contributed by atoms with Gasteiger partial charge in [-0.25, -0.2) is 4.98 Å². The fourth-order valence-corrected chi connectivity index (χ4v) is 4.94. The minimum atomic E-state index is -0.140. The van der Waals surface area contributed by atoms with Gasteiger partial charge < -0.3 is 14.5 Å². The normalized spacial score (nSPS) is 20.9. The van der Waals surface area contributed by atoms with Crippen LogP contribution in [0.1, 0.15) is 41.0 Å². The van der Waals surface area contributed by atoms with Crippen LogP contribution in [0.3, 0.4) is 0 Å². The molecular weight excluding hydrogens is 396 g/mol. The van der Waals surface area contributed by atoms with Crippen LogP contribution in [0.5, 0.6) is 0 Å². The summed E-state index contributed by atoms with van der Waals surface area (Å²) < 4.78 is 5.41. The number of ether oxygens (including phenoxy) is 1. The fourth-order valence-electron chi connectivity index (χ4n) is 4.77. The number of hydrogen-bond acceptors (Lipinski definition) is 6. The molecular formula is C19H23ClN6O3. The number of H-pyrrole nitrogens is 2. The van der Waals surface area contributed by atoms with E-state index in [4.69, 9.17) is 21.3 Å². The molecule has 1 aliphatic carbocycles. The molecule has 10 heteroatoms. The standard InChI is InChI=1S/C19H23ClN6O3/c20-13-11-21-24-14(13)17(28)25-5-3-19(4-6-25)2-1-12-15(19)22-18(23-16(12)27)26-7-9-29-10-8-26/h11H,1-10H2,(H,21,24)(H,22,23,27). The van der Waals surface area contributed by atoms with Crippen molar-refractivity contribution in [1.82, 2.24) is 25.1 Å². The second kappa shape index (κ2) is 7.14. The third kappa shape index (κ3) is 3.12. The Labute approximate surface area is 172 Å². The van der Waals surface area contributed by atoms with Gasteiger partial charge in [-0.05, 0) is 25.7 Å². The lowest BCUT2D eigenvalue weighted by molar-refractivity contribution is 0.0657. The molecule has 0 aromatic carbocycles. The molecule has 0 atom stereocenters. The van der Waals surface area contributed by atoms with Gasteiger partial charge in [0.05, 0.1) is 30.1 Å². The minimum absolute atomic E-state index is 0.0314. The SMILES string of the molecule is O=C(c1[nH]ncc1Cl)N1CCC2(CCc3c2nc(N2CCOCC2)[nH]c3=O)CC1. The molecule has 2 saturated heterocycles. The van der Waals surface area contributed by atoms with Crippen molar-refractivity contribution in [2.24, 2.45) is 0 Å². The number of fused-ring (bicyclic) bond motifs is 2. The first-order valence-corrected chi connectivity index (χ1v) is 10.4. The van der Waals surface area contributed by atoms with Crippen molar-refractivity contribution in [3.8, 4) is 0 Å². The van der Waals surface area contributed by atoms with Gasteiger partial charge in [-0.15, -0.1) is 0 Å². The number of morpholine rings is 1. The van der Waals surface area contributed by atoms with E-state index < -0.39 is 0 Å². The van der Waals surface area contributed by atoms with E-state index in [9.17, 15) is 9.59 Å². The average Bonchev–Trinajstić information content (AvgIpc) is 3.33. The molecule has 0 radical (unpaired) electrons. The lowest BCUT2D eigenvalue weighted by Gasteiger charge is -2.39. The van der Waals surface area contributed by atoms with Gasteiger partial charge in [-0.2, -0.15) is 5.10 Å². The Bertz CT molecular complexity index is 988. The number of likely N-dealkylation sites (tertiary alicyclic amines) is 1. The predicted molar refractivity (Wildman–Crippen MR) is 107 cm³/mol. The maximum atomic E-state index is 12.7. The zero-order chi connectivity index (χ0) is 20.0. The summed E-state index contributed by atoms with van der Waals surface area (Å²) in [5.74, 6) is 0.509. The number of amides is 1. The van der Waals surface area contributed by atoms with Crippen LogP contribution in [0.15, 0.2) is 11.0 Å².